The Hall–Kier alpha value is -7.17. The summed E-state index contributed by atoms with van der Waals surface area (Å²) < 4.78 is 6.51. The van der Waals surface area contributed by atoms with Crippen LogP contribution in [0.4, 0.5) is 0 Å². The lowest BCUT2D eigenvalue weighted by Crippen LogP contribution is -2.00. The summed E-state index contributed by atoms with van der Waals surface area (Å²) in [5.74, 6) is 1.81. The summed E-state index contributed by atoms with van der Waals surface area (Å²) in [6, 6.07) is 65.2. The van der Waals surface area contributed by atoms with Crippen LogP contribution in [-0.4, -0.2) is 15.0 Å². The minimum atomic E-state index is 0.591. The van der Waals surface area contributed by atoms with Crippen LogP contribution >= 0.6 is 0 Å². The molecule has 0 fully saturated rings. The van der Waals surface area contributed by atoms with Crippen LogP contribution in [0.15, 0.2) is 192 Å². The maximum Gasteiger partial charge on any atom is 0.164 e. The van der Waals surface area contributed by atoms with Gasteiger partial charge < -0.3 is 4.42 Å². The average Bonchev–Trinajstić information content (AvgIpc) is 3.62. The molecule has 0 aliphatic rings. The van der Waals surface area contributed by atoms with Crippen molar-refractivity contribution in [1.29, 1.82) is 0 Å². The third-order valence-corrected chi connectivity index (χ3v) is 9.94. The molecule has 0 saturated carbocycles. The first-order valence-electron chi connectivity index (χ1n) is 17.8. The highest BCUT2D eigenvalue weighted by atomic mass is 16.3. The van der Waals surface area contributed by atoms with Crippen LogP contribution in [0, 0.1) is 0 Å². The van der Waals surface area contributed by atoms with Gasteiger partial charge in [-0.1, -0.05) is 164 Å². The third kappa shape index (κ3) is 5.73. The number of benzene rings is 8. The molecule has 4 heteroatoms. The first-order chi connectivity index (χ1) is 26.2. The normalized spacial score (nSPS) is 11.4. The van der Waals surface area contributed by atoms with Crippen LogP contribution in [-0.2, 0) is 0 Å². The fourth-order valence-corrected chi connectivity index (χ4v) is 7.21. The Morgan fingerprint density at radius 3 is 1.47 bits per heavy atom. The lowest BCUT2D eigenvalue weighted by Gasteiger charge is -2.12. The molecular formula is C49H31N3O. The summed E-state index contributed by atoms with van der Waals surface area (Å²) in [5, 5.41) is 4.38. The molecule has 2 aromatic heterocycles. The molecule has 10 rings (SSSR count). The number of fused-ring (bicyclic) bond motifs is 4. The van der Waals surface area contributed by atoms with Gasteiger partial charge in [-0.15, -0.1) is 0 Å². The Balaban J connectivity index is 1.12. The maximum absolute atomic E-state index is 6.51. The van der Waals surface area contributed by atoms with E-state index in [-0.39, 0.29) is 0 Å². The van der Waals surface area contributed by atoms with Gasteiger partial charge >= 0.3 is 0 Å². The van der Waals surface area contributed by atoms with E-state index in [2.05, 4.69) is 133 Å². The second-order valence-electron chi connectivity index (χ2n) is 13.3. The zero-order chi connectivity index (χ0) is 35.1. The van der Waals surface area contributed by atoms with Crippen molar-refractivity contribution in [3.05, 3.63) is 188 Å². The first kappa shape index (κ1) is 30.6. The predicted molar refractivity (Wildman–Crippen MR) is 217 cm³/mol. The van der Waals surface area contributed by atoms with E-state index in [0.717, 1.165) is 60.9 Å². The Morgan fingerprint density at radius 1 is 0.302 bits per heavy atom. The summed E-state index contributed by atoms with van der Waals surface area (Å²) in [6.45, 7) is 0. The van der Waals surface area contributed by atoms with Crippen molar-refractivity contribution >= 4 is 32.7 Å². The topological polar surface area (TPSA) is 51.8 Å². The third-order valence-electron chi connectivity index (χ3n) is 9.94. The molecule has 0 spiro atoms. The van der Waals surface area contributed by atoms with Crippen molar-refractivity contribution in [1.82, 2.24) is 15.0 Å². The zero-order valence-electron chi connectivity index (χ0n) is 28.6. The Bertz CT molecular complexity index is 2910. The van der Waals surface area contributed by atoms with E-state index in [1.165, 1.54) is 21.9 Å². The van der Waals surface area contributed by atoms with Gasteiger partial charge in [0.15, 0.2) is 17.5 Å². The molecule has 0 aliphatic heterocycles. The Labute approximate surface area is 306 Å². The van der Waals surface area contributed by atoms with Crippen molar-refractivity contribution in [2.75, 3.05) is 0 Å². The van der Waals surface area contributed by atoms with Gasteiger partial charge in [0.1, 0.15) is 11.2 Å². The van der Waals surface area contributed by atoms with Crippen molar-refractivity contribution in [2.45, 2.75) is 0 Å². The molecule has 0 amide bonds. The van der Waals surface area contributed by atoms with E-state index in [0.29, 0.717) is 17.5 Å². The molecule has 4 nitrogen and oxygen atoms in total. The maximum atomic E-state index is 6.51. The zero-order valence-corrected chi connectivity index (χ0v) is 28.6. The van der Waals surface area contributed by atoms with Gasteiger partial charge in [0.25, 0.3) is 0 Å². The molecular weight excluding hydrogens is 647 g/mol. The first-order valence-corrected chi connectivity index (χ1v) is 17.8. The van der Waals surface area contributed by atoms with Crippen LogP contribution in [0.3, 0.4) is 0 Å². The summed E-state index contributed by atoms with van der Waals surface area (Å²) in [5.41, 5.74) is 11.1. The summed E-state index contributed by atoms with van der Waals surface area (Å²) in [6.07, 6.45) is 0. The van der Waals surface area contributed by atoms with E-state index in [1.807, 2.05) is 54.6 Å². The largest absolute Gasteiger partial charge is 0.456 e. The highest BCUT2D eigenvalue weighted by Gasteiger charge is 2.20. The second kappa shape index (κ2) is 12.9. The monoisotopic (exact) mass is 677 g/mol. The SMILES string of the molecule is c1ccc(-c2ccc(-c3ccc(-c4nc(-c5ccccc5)nc(-c5cc(-c6ccc7ccccc7c6)cc6oc7ccccc7c56)n4)cc3)cc2)cc1. The van der Waals surface area contributed by atoms with E-state index in [4.69, 9.17) is 19.4 Å². The smallest absolute Gasteiger partial charge is 0.164 e. The Kier molecular flexibility index (Phi) is 7.43. The van der Waals surface area contributed by atoms with E-state index in [1.54, 1.807) is 0 Å². The molecule has 0 unspecified atom stereocenters. The second-order valence-corrected chi connectivity index (χ2v) is 13.3. The van der Waals surface area contributed by atoms with Gasteiger partial charge in [0.05, 0.1) is 0 Å². The number of furan rings is 1. The molecule has 0 N–H and O–H groups in total. The molecule has 0 atom stereocenters. The van der Waals surface area contributed by atoms with E-state index < -0.39 is 0 Å². The molecule has 248 valence electrons. The molecule has 10 aromatic rings. The van der Waals surface area contributed by atoms with Crippen molar-refractivity contribution in [2.24, 2.45) is 0 Å². The molecule has 53 heavy (non-hydrogen) atoms. The molecule has 8 aromatic carbocycles. The Morgan fingerprint density at radius 2 is 0.792 bits per heavy atom. The van der Waals surface area contributed by atoms with Gasteiger partial charge in [-0.2, -0.15) is 0 Å². The minimum absolute atomic E-state index is 0.591. The van der Waals surface area contributed by atoms with Crippen LogP contribution in [0.1, 0.15) is 0 Å². The lowest BCUT2D eigenvalue weighted by molar-refractivity contribution is 0.669. The quantitative estimate of drug-likeness (QED) is 0.176. The van der Waals surface area contributed by atoms with Gasteiger partial charge in [-0.3, -0.25) is 0 Å². The molecule has 0 radical (unpaired) electrons. The van der Waals surface area contributed by atoms with Gasteiger partial charge in [0, 0.05) is 27.5 Å². The van der Waals surface area contributed by atoms with Crippen molar-refractivity contribution in [3.63, 3.8) is 0 Å². The number of aromatic nitrogens is 3. The fourth-order valence-electron chi connectivity index (χ4n) is 7.21. The number of hydrogen-bond acceptors (Lipinski definition) is 4. The van der Waals surface area contributed by atoms with Crippen molar-refractivity contribution in [3.8, 4) is 67.5 Å². The average molecular weight is 678 g/mol. The minimum Gasteiger partial charge on any atom is -0.456 e. The molecule has 0 bridgehead atoms. The van der Waals surface area contributed by atoms with Crippen LogP contribution in [0.2, 0.25) is 0 Å². The number of rotatable bonds is 6. The molecule has 0 aliphatic carbocycles. The van der Waals surface area contributed by atoms with Crippen LogP contribution in [0.5, 0.6) is 0 Å². The van der Waals surface area contributed by atoms with Crippen LogP contribution in [0.25, 0.3) is 100 Å². The van der Waals surface area contributed by atoms with Gasteiger partial charge in [0.2, 0.25) is 0 Å². The van der Waals surface area contributed by atoms with Gasteiger partial charge in [-0.05, 0) is 68.4 Å². The highest BCUT2D eigenvalue weighted by Crippen LogP contribution is 2.40. The summed E-state index contributed by atoms with van der Waals surface area (Å²) >= 11 is 0. The number of nitrogens with zero attached hydrogens (tertiary/aromatic N) is 3. The number of para-hydroxylation sites is 1. The predicted octanol–water partition coefficient (Wildman–Crippen LogP) is 12.9. The van der Waals surface area contributed by atoms with E-state index >= 15 is 0 Å². The number of hydrogen-bond donors (Lipinski definition) is 0. The highest BCUT2D eigenvalue weighted by molar-refractivity contribution is 6.13. The van der Waals surface area contributed by atoms with Crippen molar-refractivity contribution < 1.29 is 4.42 Å². The lowest BCUT2D eigenvalue weighted by atomic mass is 9.96. The summed E-state index contributed by atoms with van der Waals surface area (Å²) in [4.78, 5) is 15.4. The summed E-state index contributed by atoms with van der Waals surface area (Å²) in [7, 11) is 0. The molecule has 2 heterocycles. The van der Waals surface area contributed by atoms with Crippen LogP contribution < -0.4 is 0 Å². The van der Waals surface area contributed by atoms with Gasteiger partial charge in [-0.25, -0.2) is 15.0 Å². The standard InChI is InChI=1S/C49H31N3O/c1-3-11-32(12-4-1)34-19-21-35(22-20-34)36-23-26-38(27-24-36)48-50-47(37-14-5-2-6-15-37)51-49(52-48)43-30-41(40-28-25-33-13-7-8-16-39(33)29-40)31-45-46(43)42-17-9-10-18-44(42)53-45/h1-31H. The molecule has 0 saturated heterocycles. The van der Waals surface area contributed by atoms with E-state index in [9.17, 15) is 0 Å². The fraction of sp³-hybridized carbons (Fsp3) is 0.